The lowest BCUT2D eigenvalue weighted by molar-refractivity contribution is -0.152. The molecule has 0 radical (unpaired) electrons. The van der Waals surface area contributed by atoms with Crippen molar-refractivity contribution in [2.45, 2.75) is 62.8 Å². The number of rotatable bonds is 14. The number of anilines is 1. The van der Waals surface area contributed by atoms with Crippen molar-refractivity contribution in [1.82, 2.24) is 14.9 Å². The Balaban J connectivity index is 1.29. The van der Waals surface area contributed by atoms with E-state index in [1.54, 1.807) is 60.9 Å². The van der Waals surface area contributed by atoms with Crippen LogP contribution >= 0.6 is 0 Å². The molecule has 0 spiro atoms. The summed E-state index contributed by atoms with van der Waals surface area (Å²) >= 11 is 0. The second kappa shape index (κ2) is 13.0. The number of aromatic nitrogens is 2. The molecule has 1 heterocycles. The molecular weight excluding hydrogens is 568 g/mol. The summed E-state index contributed by atoms with van der Waals surface area (Å²) in [5.41, 5.74) is 1.00. The summed E-state index contributed by atoms with van der Waals surface area (Å²) < 4.78 is 35.5. The van der Waals surface area contributed by atoms with Crippen LogP contribution in [0.2, 0.25) is 0 Å². The topological polar surface area (TPSA) is 143 Å². The maximum atomic E-state index is 12.7. The average Bonchev–Trinajstić information content (AvgIpc) is 3.45. The van der Waals surface area contributed by atoms with E-state index in [0.717, 1.165) is 17.7 Å². The fourth-order valence-corrected chi connectivity index (χ4v) is 5.34. The highest BCUT2D eigenvalue weighted by molar-refractivity contribution is 7.92. The maximum absolute atomic E-state index is 12.7. The van der Waals surface area contributed by atoms with Crippen LogP contribution in [-0.2, 0) is 21.4 Å². The molecule has 10 nitrogen and oxygen atoms in total. The van der Waals surface area contributed by atoms with E-state index in [4.69, 9.17) is 4.74 Å². The van der Waals surface area contributed by atoms with E-state index in [9.17, 15) is 23.4 Å². The van der Waals surface area contributed by atoms with Crippen LogP contribution in [0.4, 0.5) is 5.69 Å². The number of hydrogen-bond acceptors (Lipinski definition) is 7. The number of nitrogens with zero attached hydrogens (tertiary/aromatic N) is 2. The van der Waals surface area contributed by atoms with Gasteiger partial charge in [-0.25, -0.2) is 18.2 Å². The van der Waals surface area contributed by atoms with E-state index in [1.165, 1.54) is 26.0 Å². The zero-order valence-corrected chi connectivity index (χ0v) is 25.5. The highest BCUT2D eigenvalue weighted by Gasteiger charge is 2.29. The highest BCUT2D eigenvalue weighted by Crippen LogP contribution is 2.25. The number of sulfonamides is 1. The van der Waals surface area contributed by atoms with Crippen molar-refractivity contribution in [2.24, 2.45) is 0 Å². The van der Waals surface area contributed by atoms with Gasteiger partial charge < -0.3 is 24.8 Å². The third-order valence-electron chi connectivity index (χ3n) is 7.02. The minimum Gasteiger partial charge on any atom is -0.478 e. The first-order valence-corrected chi connectivity index (χ1v) is 15.4. The van der Waals surface area contributed by atoms with Crippen LogP contribution in [0.15, 0.2) is 96.3 Å². The Morgan fingerprint density at radius 1 is 1.00 bits per heavy atom. The maximum Gasteiger partial charge on any atom is 0.347 e. The van der Waals surface area contributed by atoms with Crippen LogP contribution in [0, 0.1) is 0 Å². The Morgan fingerprint density at radius 3 is 2.37 bits per heavy atom. The molecule has 0 aliphatic rings. The lowest BCUT2D eigenvalue weighted by Gasteiger charge is -2.28. The molecular formula is C32H38N4O6S. The molecule has 11 heteroatoms. The smallest absolute Gasteiger partial charge is 0.347 e. The van der Waals surface area contributed by atoms with Gasteiger partial charge in [0.1, 0.15) is 5.75 Å². The molecule has 0 saturated carbocycles. The van der Waals surface area contributed by atoms with Crippen LogP contribution in [0.25, 0.3) is 11.3 Å². The van der Waals surface area contributed by atoms with Crippen LogP contribution in [0.1, 0.15) is 45.8 Å². The Kier molecular flexibility index (Phi) is 9.59. The molecule has 1 aromatic heterocycles. The quantitative estimate of drug-likeness (QED) is 0.156. The number of hydrogen-bond donors (Lipinski definition) is 4. The Morgan fingerprint density at radius 2 is 1.70 bits per heavy atom. The zero-order chi connectivity index (χ0) is 31.3. The normalized spacial score (nSPS) is 13.0. The van der Waals surface area contributed by atoms with Gasteiger partial charge in [0.15, 0.2) is 5.60 Å². The molecule has 4 rings (SSSR count). The van der Waals surface area contributed by atoms with Gasteiger partial charge in [-0.15, -0.1) is 0 Å². The molecule has 0 aliphatic heterocycles. The largest absolute Gasteiger partial charge is 0.478 e. The molecule has 43 heavy (non-hydrogen) atoms. The second-order valence-corrected chi connectivity index (χ2v) is 13.2. The zero-order valence-electron chi connectivity index (χ0n) is 24.7. The van der Waals surface area contributed by atoms with Gasteiger partial charge in [0.25, 0.3) is 10.0 Å². The van der Waals surface area contributed by atoms with Crippen molar-refractivity contribution in [2.75, 3.05) is 11.3 Å². The van der Waals surface area contributed by atoms with Crippen molar-refractivity contribution in [3.63, 3.8) is 0 Å². The van der Waals surface area contributed by atoms with Crippen molar-refractivity contribution in [3.05, 3.63) is 97.0 Å². The van der Waals surface area contributed by atoms with E-state index >= 15 is 0 Å². The lowest BCUT2D eigenvalue weighted by atomic mass is 9.99. The monoisotopic (exact) mass is 606 g/mol. The molecule has 3 aromatic carbocycles. The van der Waals surface area contributed by atoms with Crippen molar-refractivity contribution in [3.8, 4) is 17.0 Å². The second-order valence-electron chi connectivity index (χ2n) is 11.5. The van der Waals surface area contributed by atoms with Gasteiger partial charge in [-0.1, -0.05) is 30.3 Å². The fraction of sp³-hybridized carbons (Fsp3) is 0.312. The summed E-state index contributed by atoms with van der Waals surface area (Å²) in [7, 11) is -3.73. The number of aliphatic hydroxyl groups is 1. The third-order valence-corrected chi connectivity index (χ3v) is 8.41. The summed E-state index contributed by atoms with van der Waals surface area (Å²) in [6.45, 7) is 8.08. The number of aliphatic hydroxyl groups excluding tert-OH is 1. The molecule has 0 fully saturated rings. The molecule has 1 atom stereocenters. The van der Waals surface area contributed by atoms with Gasteiger partial charge >= 0.3 is 5.97 Å². The Labute approximate surface area is 252 Å². The van der Waals surface area contributed by atoms with E-state index in [2.05, 4.69) is 28.9 Å². The molecule has 0 saturated heterocycles. The first-order valence-electron chi connectivity index (χ1n) is 13.9. The van der Waals surface area contributed by atoms with Crippen LogP contribution in [-0.4, -0.2) is 51.8 Å². The summed E-state index contributed by atoms with van der Waals surface area (Å²) in [6.07, 6.45) is 3.63. The lowest BCUT2D eigenvalue weighted by Crippen LogP contribution is -2.42. The molecule has 228 valence electrons. The summed E-state index contributed by atoms with van der Waals surface area (Å²) in [5.74, 6) is -0.577. The van der Waals surface area contributed by atoms with Gasteiger partial charge in [-0.2, -0.15) is 0 Å². The van der Waals surface area contributed by atoms with Gasteiger partial charge in [0.05, 0.1) is 23.0 Å². The number of β-amino-alcohol motifs (C(OH)–C–C–N with tert-alkyl or cyclic N) is 1. The first kappa shape index (κ1) is 31.7. The number of carboxylic acid groups (broad SMARTS) is 1. The predicted octanol–water partition coefficient (Wildman–Crippen LogP) is 5.08. The molecule has 0 aliphatic carbocycles. The van der Waals surface area contributed by atoms with Gasteiger partial charge in [-0.3, -0.25) is 4.72 Å². The van der Waals surface area contributed by atoms with E-state index in [1.807, 2.05) is 22.9 Å². The number of aliphatic carboxylic acids is 1. The van der Waals surface area contributed by atoms with Crippen molar-refractivity contribution < 1.29 is 28.2 Å². The first-order chi connectivity index (χ1) is 20.2. The SMILES string of the molecule is CC(C)(CCn1cnc(-c2ccc(OC(C)(C)C(=O)O)cc2)c1)NCC(O)c1cccc(NS(=O)(=O)c2ccccc2)c1. The van der Waals surface area contributed by atoms with Crippen LogP contribution < -0.4 is 14.8 Å². The van der Waals surface area contributed by atoms with Gasteiger partial charge in [-0.05, 0) is 88.2 Å². The fourth-order valence-electron chi connectivity index (χ4n) is 4.27. The highest BCUT2D eigenvalue weighted by atomic mass is 32.2. The number of ether oxygens (including phenoxy) is 1. The predicted molar refractivity (Wildman–Crippen MR) is 165 cm³/mol. The molecule has 4 aromatic rings. The van der Waals surface area contributed by atoms with Crippen LogP contribution in [0.5, 0.6) is 5.75 Å². The van der Waals surface area contributed by atoms with E-state index < -0.39 is 27.7 Å². The molecule has 0 amide bonds. The molecule has 1 unspecified atom stereocenters. The molecule has 4 N–H and O–H groups in total. The van der Waals surface area contributed by atoms with Gasteiger partial charge in [0, 0.05) is 36.1 Å². The van der Waals surface area contributed by atoms with E-state index in [-0.39, 0.29) is 17.0 Å². The third kappa shape index (κ3) is 8.66. The van der Waals surface area contributed by atoms with E-state index in [0.29, 0.717) is 23.5 Å². The van der Waals surface area contributed by atoms with Crippen molar-refractivity contribution in [1.29, 1.82) is 0 Å². The summed E-state index contributed by atoms with van der Waals surface area (Å²) in [4.78, 5) is 16.0. The van der Waals surface area contributed by atoms with Crippen molar-refractivity contribution >= 4 is 21.7 Å². The number of carbonyl (C=O) groups is 1. The summed E-state index contributed by atoms with van der Waals surface area (Å²) in [6, 6.07) is 22.0. The average molecular weight is 607 g/mol. The number of imidazole rings is 1. The minimum atomic E-state index is -3.73. The molecule has 0 bridgehead atoms. The standard InChI is InChI=1S/C32H38N4O6S/c1-31(2,17-18-36-21-28(33-22-36)23-13-15-26(16-14-23)42-32(3,4)30(38)39)34-20-29(37)24-9-8-10-25(19-24)35-43(40,41)27-11-6-5-7-12-27/h5-16,19,21-22,29,34-35,37H,17-18,20H2,1-4H3,(H,38,39). The number of aryl methyl sites for hydroxylation is 1. The number of carboxylic acids is 1. The summed E-state index contributed by atoms with van der Waals surface area (Å²) in [5, 5.41) is 23.5. The van der Waals surface area contributed by atoms with Crippen LogP contribution in [0.3, 0.4) is 0 Å². The van der Waals surface area contributed by atoms with Gasteiger partial charge in [0.2, 0.25) is 0 Å². The minimum absolute atomic E-state index is 0.166. The number of benzene rings is 3. The Bertz CT molecular complexity index is 1630. The number of nitrogens with one attached hydrogen (secondary N) is 2. The Hall–Kier alpha value is -4.19.